The predicted octanol–water partition coefficient (Wildman–Crippen LogP) is 2.86. The molecule has 2 heterocycles. The first-order valence-electron chi connectivity index (χ1n) is 8.45. The standard InChI is InChI=1S/C17H18BrN5O3/c1-3-26-16-10(18)7-9(8-13(16)25-2)15-14-11(5-4-6-12(14)24)19-17-20-21-22-23(15)17/h7-8,15H,3-6H2,1-2H3,(H,19,20,22)/t15-/m0/s1. The summed E-state index contributed by atoms with van der Waals surface area (Å²) in [7, 11) is 1.59. The SMILES string of the molecule is CCOc1c(Br)cc([C@H]2C3=C(CCCC3=O)Nc3nnnn32)cc1OC. The van der Waals surface area contributed by atoms with Gasteiger partial charge in [0, 0.05) is 17.7 Å². The van der Waals surface area contributed by atoms with Gasteiger partial charge in [-0.1, -0.05) is 5.10 Å². The number of tetrazole rings is 1. The molecule has 1 aromatic carbocycles. The molecule has 8 nitrogen and oxygen atoms in total. The van der Waals surface area contributed by atoms with E-state index in [0.717, 1.165) is 28.6 Å². The van der Waals surface area contributed by atoms with Crippen molar-refractivity contribution in [2.45, 2.75) is 32.2 Å². The van der Waals surface area contributed by atoms with Gasteiger partial charge in [0.1, 0.15) is 6.04 Å². The second kappa shape index (κ2) is 6.71. The number of nitrogens with zero attached hydrogens (tertiary/aromatic N) is 4. The fourth-order valence-electron chi connectivity index (χ4n) is 3.51. The van der Waals surface area contributed by atoms with E-state index in [2.05, 4.69) is 36.8 Å². The summed E-state index contributed by atoms with van der Waals surface area (Å²) < 4.78 is 13.6. The summed E-state index contributed by atoms with van der Waals surface area (Å²) in [6.45, 7) is 2.43. The molecule has 9 heteroatoms. The molecule has 0 amide bonds. The Labute approximate surface area is 158 Å². The summed E-state index contributed by atoms with van der Waals surface area (Å²) >= 11 is 3.56. The topological polar surface area (TPSA) is 91.2 Å². The lowest BCUT2D eigenvalue weighted by Gasteiger charge is -2.31. The first-order valence-corrected chi connectivity index (χ1v) is 9.24. The fraction of sp³-hybridized carbons (Fsp3) is 0.412. The number of hydrogen-bond acceptors (Lipinski definition) is 7. The van der Waals surface area contributed by atoms with Crippen LogP contribution in [0.2, 0.25) is 0 Å². The van der Waals surface area contributed by atoms with E-state index < -0.39 is 6.04 Å². The maximum Gasteiger partial charge on any atom is 0.248 e. The molecule has 0 bridgehead atoms. The first-order chi connectivity index (χ1) is 12.6. The third-order valence-corrected chi connectivity index (χ3v) is 5.17. The summed E-state index contributed by atoms with van der Waals surface area (Å²) in [5.41, 5.74) is 2.47. The number of methoxy groups -OCH3 is 1. The van der Waals surface area contributed by atoms with E-state index in [1.807, 2.05) is 19.1 Å². The molecule has 1 atom stereocenters. The highest BCUT2D eigenvalue weighted by atomic mass is 79.9. The molecule has 4 rings (SSSR count). The van der Waals surface area contributed by atoms with Gasteiger partial charge in [-0.25, -0.2) is 0 Å². The van der Waals surface area contributed by atoms with Gasteiger partial charge in [0.15, 0.2) is 17.3 Å². The van der Waals surface area contributed by atoms with E-state index in [-0.39, 0.29) is 5.78 Å². The Bertz CT molecular complexity index is 908. The van der Waals surface area contributed by atoms with E-state index >= 15 is 0 Å². The molecule has 1 aromatic heterocycles. The Kier molecular flexibility index (Phi) is 4.39. The summed E-state index contributed by atoms with van der Waals surface area (Å²) in [6, 6.07) is 3.41. The van der Waals surface area contributed by atoms with Crippen molar-refractivity contribution in [3.8, 4) is 11.5 Å². The Morgan fingerprint density at radius 3 is 3.00 bits per heavy atom. The lowest BCUT2D eigenvalue weighted by molar-refractivity contribution is -0.116. The van der Waals surface area contributed by atoms with Crippen molar-refractivity contribution in [1.82, 2.24) is 20.2 Å². The van der Waals surface area contributed by atoms with Crippen molar-refractivity contribution in [2.75, 3.05) is 19.0 Å². The highest BCUT2D eigenvalue weighted by molar-refractivity contribution is 9.10. The maximum absolute atomic E-state index is 12.7. The second-order valence-electron chi connectivity index (χ2n) is 6.11. The zero-order valence-corrected chi connectivity index (χ0v) is 16.0. The van der Waals surface area contributed by atoms with Crippen LogP contribution in [0, 0.1) is 0 Å². The average Bonchev–Trinajstić information content (AvgIpc) is 3.10. The molecule has 1 aliphatic carbocycles. The van der Waals surface area contributed by atoms with Gasteiger partial charge in [-0.2, -0.15) is 4.68 Å². The molecule has 1 aliphatic heterocycles. The van der Waals surface area contributed by atoms with Gasteiger partial charge >= 0.3 is 0 Å². The van der Waals surface area contributed by atoms with Gasteiger partial charge in [-0.05, 0) is 63.8 Å². The van der Waals surface area contributed by atoms with E-state index in [1.165, 1.54) is 0 Å². The van der Waals surface area contributed by atoms with Crippen molar-refractivity contribution in [3.05, 3.63) is 33.4 Å². The minimum atomic E-state index is -0.398. The number of carbonyl (C=O) groups excluding carboxylic acids is 1. The smallest absolute Gasteiger partial charge is 0.248 e. The zero-order chi connectivity index (χ0) is 18.3. The highest BCUT2D eigenvalue weighted by Crippen LogP contribution is 2.44. The molecular formula is C17H18BrN5O3. The van der Waals surface area contributed by atoms with Gasteiger partial charge in [0.25, 0.3) is 0 Å². The molecule has 0 saturated heterocycles. The molecule has 1 N–H and O–H groups in total. The van der Waals surface area contributed by atoms with Crippen molar-refractivity contribution in [3.63, 3.8) is 0 Å². The number of fused-ring (bicyclic) bond motifs is 1. The summed E-state index contributed by atoms with van der Waals surface area (Å²) in [4.78, 5) is 12.7. The molecule has 0 radical (unpaired) electrons. The molecule has 26 heavy (non-hydrogen) atoms. The highest BCUT2D eigenvalue weighted by Gasteiger charge is 2.37. The third kappa shape index (κ3) is 2.66. The van der Waals surface area contributed by atoms with E-state index in [4.69, 9.17) is 9.47 Å². The monoisotopic (exact) mass is 419 g/mol. The quantitative estimate of drug-likeness (QED) is 0.814. The van der Waals surface area contributed by atoms with Crippen LogP contribution in [-0.2, 0) is 4.79 Å². The van der Waals surface area contributed by atoms with Crippen LogP contribution in [0.4, 0.5) is 5.95 Å². The normalized spacial score (nSPS) is 18.9. The molecular weight excluding hydrogens is 402 g/mol. The van der Waals surface area contributed by atoms with Crippen molar-refractivity contribution < 1.29 is 14.3 Å². The number of aromatic nitrogens is 4. The van der Waals surface area contributed by atoms with Crippen LogP contribution in [0.15, 0.2) is 27.9 Å². The van der Waals surface area contributed by atoms with Gasteiger partial charge < -0.3 is 14.8 Å². The Morgan fingerprint density at radius 2 is 2.23 bits per heavy atom. The van der Waals surface area contributed by atoms with Crippen LogP contribution in [0.3, 0.4) is 0 Å². The Hall–Kier alpha value is -2.42. The number of anilines is 1. The number of allylic oxidation sites excluding steroid dienone is 2. The fourth-order valence-corrected chi connectivity index (χ4v) is 4.08. The van der Waals surface area contributed by atoms with Crippen molar-refractivity contribution >= 4 is 27.7 Å². The van der Waals surface area contributed by atoms with E-state index in [1.54, 1.807) is 11.8 Å². The van der Waals surface area contributed by atoms with Gasteiger partial charge in [-0.15, -0.1) is 0 Å². The van der Waals surface area contributed by atoms with Crippen LogP contribution in [0.1, 0.15) is 37.8 Å². The Morgan fingerprint density at radius 1 is 1.38 bits per heavy atom. The molecule has 0 spiro atoms. The van der Waals surface area contributed by atoms with Crippen molar-refractivity contribution in [1.29, 1.82) is 0 Å². The maximum atomic E-state index is 12.7. The van der Waals surface area contributed by atoms with Crippen LogP contribution in [0.5, 0.6) is 11.5 Å². The van der Waals surface area contributed by atoms with Crippen LogP contribution < -0.4 is 14.8 Å². The van der Waals surface area contributed by atoms with Crippen LogP contribution in [0.25, 0.3) is 0 Å². The van der Waals surface area contributed by atoms with Gasteiger partial charge in [0.05, 0.1) is 18.2 Å². The van der Waals surface area contributed by atoms with E-state index in [0.29, 0.717) is 36.0 Å². The molecule has 136 valence electrons. The summed E-state index contributed by atoms with van der Waals surface area (Å²) in [6.07, 6.45) is 2.17. The molecule has 0 fully saturated rings. The number of nitrogens with one attached hydrogen (secondary N) is 1. The van der Waals surface area contributed by atoms with Gasteiger partial charge in [0.2, 0.25) is 5.95 Å². The summed E-state index contributed by atoms with van der Waals surface area (Å²) in [5.74, 6) is 1.88. The number of ketones is 1. The Balaban J connectivity index is 1.89. The number of rotatable bonds is 4. The molecule has 0 saturated carbocycles. The largest absolute Gasteiger partial charge is 0.493 e. The lowest BCUT2D eigenvalue weighted by atomic mass is 9.85. The number of halogens is 1. The minimum absolute atomic E-state index is 0.119. The van der Waals surface area contributed by atoms with Crippen LogP contribution >= 0.6 is 15.9 Å². The first kappa shape index (κ1) is 17.0. The number of hydrogen-bond donors (Lipinski definition) is 1. The minimum Gasteiger partial charge on any atom is -0.493 e. The van der Waals surface area contributed by atoms with E-state index in [9.17, 15) is 4.79 Å². The number of Topliss-reactive ketones (excluding diaryl/α,β-unsaturated/α-hetero) is 1. The summed E-state index contributed by atoms with van der Waals surface area (Å²) in [5, 5.41) is 15.1. The predicted molar refractivity (Wildman–Crippen MR) is 97.3 cm³/mol. The molecule has 0 unspecified atom stereocenters. The number of benzene rings is 1. The second-order valence-corrected chi connectivity index (χ2v) is 6.97. The average molecular weight is 420 g/mol. The van der Waals surface area contributed by atoms with Crippen LogP contribution in [-0.4, -0.2) is 39.7 Å². The number of ether oxygens (including phenoxy) is 2. The van der Waals surface area contributed by atoms with Gasteiger partial charge in [-0.3, -0.25) is 4.79 Å². The number of carbonyl (C=O) groups is 1. The third-order valence-electron chi connectivity index (χ3n) is 4.59. The lowest BCUT2D eigenvalue weighted by Crippen LogP contribution is -2.31. The molecule has 2 aromatic rings. The zero-order valence-electron chi connectivity index (χ0n) is 14.5. The van der Waals surface area contributed by atoms with Crippen molar-refractivity contribution in [2.24, 2.45) is 0 Å². The molecule has 2 aliphatic rings.